The lowest BCUT2D eigenvalue weighted by molar-refractivity contribution is -0.225. The summed E-state index contributed by atoms with van der Waals surface area (Å²) in [6.07, 6.45) is 15.3. The molecule has 10 atom stereocenters. The van der Waals surface area contributed by atoms with Crippen LogP contribution < -0.4 is 5.32 Å². The molecule has 0 aromatic heterocycles. The Labute approximate surface area is 296 Å². The molecule has 1 unspecified atom stereocenters. The molecule has 1 aliphatic heterocycles. The van der Waals surface area contributed by atoms with E-state index in [1.165, 1.54) is 55.2 Å². The minimum atomic E-state index is -0.869. The van der Waals surface area contributed by atoms with Crippen molar-refractivity contribution in [2.45, 2.75) is 125 Å². The van der Waals surface area contributed by atoms with Crippen molar-refractivity contribution in [3.8, 4) is 0 Å². The fraction of sp³-hybridized carbons (Fsp3) is 0.727. The van der Waals surface area contributed by atoms with Gasteiger partial charge in [-0.15, -0.1) is 0 Å². The molecule has 6 aliphatic rings. The highest BCUT2D eigenvalue weighted by Crippen LogP contribution is 2.77. The summed E-state index contributed by atoms with van der Waals surface area (Å²) in [7, 11) is 0. The molecule has 268 valence electrons. The molecule has 1 aromatic carbocycles. The van der Waals surface area contributed by atoms with Gasteiger partial charge in [0.25, 0.3) is 0 Å². The normalized spacial score (nSPS) is 42.6. The predicted molar refractivity (Wildman–Crippen MR) is 199 cm³/mol. The van der Waals surface area contributed by atoms with Crippen molar-refractivity contribution >= 4 is 17.4 Å². The molecule has 5 heteroatoms. The molecule has 4 saturated carbocycles. The average Bonchev–Trinajstić information content (AvgIpc) is 3.69. The van der Waals surface area contributed by atoms with Gasteiger partial charge in [-0.25, -0.2) is 4.79 Å². The second-order valence-corrected chi connectivity index (χ2v) is 18.9. The summed E-state index contributed by atoms with van der Waals surface area (Å²) in [6.45, 7) is 25.0. The molecule has 1 saturated heterocycles. The number of hydrogen-bond donors (Lipinski definition) is 2. The van der Waals surface area contributed by atoms with Crippen molar-refractivity contribution in [1.29, 1.82) is 0 Å². The zero-order chi connectivity index (χ0) is 35.1. The Kier molecular flexibility index (Phi) is 8.64. The van der Waals surface area contributed by atoms with Crippen LogP contribution in [0.25, 0.3) is 5.57 Å². The third kappa shape index (κ3) is 5.01. The smallest absolute Gasteiger partial charge is 0.335 e. The van der Waals surface area contributed by atoms with Crippen LogP contribution in [0.3, 0.4) is 0 Å². The molecule has 1 aromatic rings. The quantitative estimate of drug-likeness (QED) is 0.284. The first-order valence-electron chi connectivity index (χ1n) is 19.9. The molecule has 5 fully saturated rings. The van der Waals surface area contributed by atoms with Crippen LogP contribution in [-0.2, 0) is 4.79 Å². The Morgan fingerprint density at radius 3 is 2.33 bits per heavy atom. The van der Waals surface area contributed by atoms with E-state index >= 15 is 0 Å². The molecule has 0 radical (unpaired) electrons. The van der Waals surface area contributed by atoms with Crippen LogP contribution in [0.5, 0.6) is 0 Å². The minimum absolute atomic E-state index is 0.000194. The second kappa shape index (κ2) is 12.1. The number of amides is 1. The van der Waals surface area contributed by atoms with Gasteiger partial charge in [0.2, 0.25) is 5.91 Å². The van der Waals surface area contributed by atoms with Crippen LogP contribution >= 0.6 is 0 Å². The minimum Gasteiger partial charge on any atom is -0.478 e. The van der Waals surface area contributed by atoms with Gasteiger partial charge in [0.1, 0.15) is 0 Å². The number of likely N-dealkylation sites (N-methyl/N-ethyl adjacent to an activating group) is 1. The number of hydrogen-bond acceptors (Lipinski definition) is 3. The van der Waals surface area contributed by atoms with Crippen molar-refractivity contribution < 1.29 is 14.7 Å². The molecule has 0 bridgehead atoms. The summed E-state index contributed by atoms with van der Waals surface area (Å²) in [5.74, 6) is 2.07. The van der Waals surface area contributed by atoms with Gasteiger partial charge in [0.15, 0.2) is 0 Å². The van der Waals surface area contributed by atoms with Crippen molar-refractivity contribution in [1.82, 2.24) is 10.2 Å². The summed E-state index contributed by atoms with van der Waals surface area (Å²) < 4.78 is 0. The number of rotatable bonds is 7. The van der Waals surface area contributed by atoms with E-state index in [0.717, 1.165) is 51.7 Å². The number of likely N-dealkylation sites (tertiary alicyclic amines) is 1. The highest BCUT2D eigenvalue weighted by molar-refractivity contribution is 5.88. The third-order valence-electron chi connectivity index (χ3n) is 16.9. The van der Waals surface area contributed by atoms with Crippen molar-refractivity contribution in [3.05, 3.63) is 53.6 Å². The predicted octanol–water partition coefficient (Wildman–Crippen LogP) is 9.64. The lowest BCUT2D eigenvalue weighted by atomic mass is 9.32. The molecule has 5 nitrogen and oxygen atoms in total. The molecule has 0 spiro atoms. The van der Waals surface area contributed by atoms with Crippen LogP contribution in [-0.4, -0.2) is 47.6 Å². The molecule has 5 aliphatic carbocycles. The monoisotopic (exact) mass is 668 g/mol. The topological polar surface area (TPSA) is 69.6 Å². The molecule has 49 heavy (non-hydrogen) atoms. The van der Waals surface area contributed by atoms with E-state index in [1.807, 2.05) is 12.1 Å². The number of carboxylic acid groups (broad SMARTS) is 1. The van der Waals surface area contributed by atoms with E-state index < -0.39 is 5.97 Å². The fourth-order valence-electron chi connectivity index (χ4n) is 14.4. The van der Waals surface area contributed by atoms with Crippen LogP contribution in [0.1, 0.15) is 135 Å². The Hall–Kier alpha value is -2.40. The van der Waals surface area contributed by atoms with Crippen molar-refractivity contribution in [2.75, 3.05) is 19.6 Å². The first kappa shape index (κ1) is 35.0. The maximum absolute atomic E-state index is 14.6. The second-order valence-electron chi connectivity index (χ2n) is 18.9. The summed E-state index contributed by atoms with van der Waals surface area (Å²) in [5, 5.41) is 13.1. The number of nitrogens with one attached hydrogen (secondary N) is 1. The maximum Gasteiger partial charge on any atom is 0.335 e. The van der Waals surface area contributed by atoms with Gasteiger partial charge in [-0.3, -0.25) is 9.69 Å². The number of carbonyl (C=O) groups excluding carboxylic acids is 1. The van der Waals surface area contributed by atoms with E-state index in [1.54, 1.807) is 12.1 Å². The molecular weight excluding hydrogens is 604 g/mol. The first-order valence-corrected chi connectivity index (χ1v) is 19.9. The molecular formula is C44H64N2O3. The van der Waals surface area contributed by atoms with Gasteiger partial charge in [-0.2, -0.15) is 0 Å². The SMILES string of the molecule is C=C(C)[C@@H]1CC[C@]2(C(=O)NCC3CCCN3CC)CC[C@]3(C)[C@H](CC[C@@H]4[C@@]5(C)CC=C(c6ccc(C(=O)O)cc6)C(C)(C)[C@@H]5CC[C@]43C)[C@@H]12. The van der Waals surface area contributed by atoms with Crippen LogP contribution in [0, 0.1) is 56.7 Å². The number of carbonyl (C=O) groups is 2. The molecule has 1 heterocycles. The third-order valence-corrected chi connectivity index (χ3v) is 16.9. The van der Waals surface area contributed by atoms with Gasteiger partial charge < -0.3 is 10.4 Å². The van der Waals surface area contributed by atoms with Gasteiger partial charge in [-0.05, 0) is 165 Å². The number of nitrogens with zero attached hydrogens (tertiary/aromatic N) is 1. The Morgan fingerprint density at radius 2 is 1.65 bits per heavy atom. The summed E-state index contributed by atoms with van der Waals surface area (Å²) in [5.41, 5.74) is 4.57. The zero-order valence-corrected chi connectivity index (χ0v) is 31.7. The highest BCUT2D eigenvalue weighted by atomic mass is 16.4. The van der Waals surface area contributed by atoms with E-state index in [0.29, 0.717) is 47.1 Å². The van der Waals surface area contributed by atoms with Gasteiger partial charge in [0.05, 0.1) is 11.0 Å². The highest BCUT2D eigenvalue weighted by Gasteiger charge is 2.71. The average molecular weight is 669 g/mol. The number of allylic oxidation sites excluding steroid dienone is 3. The van der Waals surface area contributed by atoms with E-state index in [2.05, 4.69) is 71.3 Å². The zero-order valence-electron chi connectivity index (χ0n) is 31.7. The van der Waals surface area contributed by atoms with Crippen molar-refractivity contribution in [3.63, 3.8) is 0 Å². The van der Waals surface area contributed by atoms with Crippen LogP contribution in [0.15, 0.2) is 42.5 Å². The molecule has 7 rings (SSSR count). The van der Waals surface area contributed by atoms with E-state index in [4.69, 9.17) is 0 Å². The number of benzene rings is 1. The van der Waals surface area contributed by atoms with E-state index in [-0.39, 0.29) is 27.1 Å². The van der Waals surface area contributed by atoms with Gasteiger partial charge >= 0.3 is 5.97 Å². The Morgan fingerprint density at radius 1 is 0.918 bits per heavy atom. The van der Waals surface area contributed by atoms with Gasteiger partial charge in [-0.1, -0.05) is 71.9 Å². The van der Waals surface area contributed by atoms with Crippen LogP contribution in [0.4, 0.5) is 0 Å². The number of fused-ring (bicyclic) bond motifs is 7. The molecule has 1 amide bonds. The summed E-state index contributed by atoms with van der Waals surface area (Å²) in [4.78, 5) is 28.7. The Bertz CT molecular complexity index is 1530. The lowest BCUT2D eigenvalue weighted by Gasteiger charge is -2.72. The fourth-order valence-corrected chi connectivity index (χ4v) is 14.4. The first-order chi connectivity index (χ1) is 23.1. The largest absolute Gasteiger partial charge is 0.478 e. The standard InChI is InChI=1S/C44H64N2O3/c1-9-46-26-10-11-31(46)27-45-39(49)44-23-18-32(28(2)3)37(44)34-16-17-36-41(6)21-19-33(29-12-14-30(15-13-29)38(47)48)40(4,5)35(41)20-22-43(36,8)42(34,7)24-25-44/h12-15,19,31-32,34-37H,2,9-11,16-18,20-27H2,1,3-8H3,(H,45,49)(H,47,48)/t31?,32-,34+,35-,36+,37+,41-,42+,43+,44-/m0/s1. The molecule has 2 N–H and O–H groups in total. The maximum atomic E-state index is 14.6. The lowest BCUT2D eigenvalue weighted by Crippen LogP contribution is -2.66. The van der Waals surface area contributed by atoms with Gasteiger partial charge in [0, 0.05) is 12.6 Å². The number of aromatic carboxylic acids is 1. The van der Waals surface area contributed by atoms with Crippen LogP contribution in [0.2, 0.25) is 0 Å². The van der Waals surface area contributed by atoms with E-state index in [9.17, 15) is 14.7 Å². The Balaban J connectivity index is 1.18. The summed E-state index contributed by atoms with van der Waals surface area (Å²) in [6, 6.07) is 8.07. The van der Waals surface area contributed by atoms with Crippen molar-refractivity contribution in [2.24, 2.45) is 56.7 Å². The summed E-state index contributed by atoms with van der Waals surface area (Å²) >= 11 is 0. The number of carboxylic acids is 1.